The van der Waals surface area contributed by atoms with Gasteiger partial charge in [0.1, 0.15) is 5.76 Å². The normalized spacial score (nSPS) is 12.5. The molecule has 0 fully saturated rings. The van der Waals surface area contributed by atoms with E-state index in [1.54, 1.807) is 13.8 Å². The minimum absolute atomic E-state index is 0.0282. The van der Waals surface area contributed by atoms with Crippen molar-refractivity contribution in [3.8, 4) is 0 Å². The quantitative estimate of drug-likeness (QED) is 0.807. The zero-order valence-corrected chi connectivity index (χ0v) is 13.5. The molecule has 1 aromatic carbocycles. The van der Waals surface area contributed by atoms with Crippen LogP contribution in [0.5, 0.6) is 0 Å². The fourth-order valence-electron chi connectivity index (χ4n) is 1.81. The van der Waals surface area contributed by atoms with Crippen molar-refractivity contribution in [2.45, 2.75) is 30.2 Å². The second kappa shape index (κ2) is 5.80. The number of nitrogens with two attached hydrogens (primary N) is 1. The summed E-state index contributed by atoms with van der Waals surface area (Å²) in [5, 5.41) is 8.70. The largest absolute Gasteiger partial charge is 0.361 e. The van der Waals surface area contributed by atoms with Crippen LogP contribution in [0, 0.1) is 13.8 Å². The van der Waals surface area contributed by atoms with Crippen molar-refractivity contribution in [2.24, 2.45) is 5.14 Å². The third-order valence-corrected chi connectivity index (χ3v) is 5.43. The van der Waals surface area contributed by atoms with E-state index < -0.39 is 20.0 Å². The molecule has 1 aromatic heterocycles. The van der Waals surface area contributed by atoms with Crippen molar-refractivity contribution in [1.29, 1.82) is 0 Å². The van der Waals surface area contributed by atoms with Gasteiger partial charge in [-0.15, -0.1) is 0 Å². The van der Waals surface area contributed by atoms with Crippen LogP contribution in [-0.4, -0.2) is 22.0 Å². The summed E-state index contributed by atoms with van der Waals surface area (Å²) in [5.41, 5.74) is 1.26. The van der Waals surface area contributed by atoms with Gasteiger partial charge in [-0.3, -0.25) is 0 Å². The summed E-state index contributed by atoms with van der Waals surface area (Å²) in [7, 11) is -7.65. The number of rotatable bonds is 5. The molecule has 120 valence electrons. The van der Waals surface area contributed by atoms with Gasteiger partial charge < -0.3 is 4.52 Å². The second-order valence-electron chi connectivity index (χ2n) is 4.64. The first-order valence-corrected chi connectivity index (χ1v) is 9.18. The molecule has 0 bridgehead atoms. The lowest BCUT2D eigenvalue weighted by Crippen LogP contribution is -2.24. The van der Waals surface area contributed by atoms with Crippen molar-refractivity contribution in [1.82, 2.24) is 9.88 Å². The molecular weight excluding hydrogens is 330 g/mol. The van der Waals surface area contributed by atoms with Crippen molar-refractivity contribution in [3.63, 3.8) is 0 Å². The lowest BCUT2D eigenvalue weighted by Gasteiger charge is -2.07. The number of hydrogen-bond acceptors (Lipinski definition) is 6. The Kier molecular flexibility index (Phi) is 4.38. The van der Waals surface area contributed by atoms with Crippen LogP contribution in [0.4, 0.5) is 0 Å². The maximum absolute atomic E-state index is 12.2. The summed E-state index contributed by atoms with van der Waals surface area (Å²) in [4.78, 5) is -0.219. The molecule has 0 radical (unpaired) electrons. The first-order valence-electron chi connectivity index (χ1n) is 6.15. The highest BCUT2D eigenvalue weighted by molar-refractivity contribution is 7.89. The van der Waals surface area contributed by atoms with Crippen LogP contribution in [0.2, 0.25) is 0 Å². The number of aromatic nitrogens is 1. The molecule has 0 aliphatic rings. The summed E-state index contributed by atoms with van der Waals surface area (Å²) in [6.07, 6.45) is 0. The zero-order chi connectivity index (χ0) is 16.5. The summed E-state index contributed by atoms with van der Waals surface area (Å²) < 4.78 is 54.0. The highest BCUT2D eigenvalue weighted by Gasteiger charge is 2.18. The van der Waals surface area contributed by atoms with E-state index in [4.69, 9.17) is 9.66 Å². The van der Waals surface area contributed by atoms with Crippen LogP contribution in [0.1, 0.15) is 17.0 Å². The SMILES string of the molecule is Cc1noc(C)c1CNS(=O)(=O)c1ccc(S(N)(=O)=O)cc1. The van der Waals surface area contributed by atoms with Gasteiger partial charge in [0.15, 0.2) is 0 Å². The molecule has 0 saturated heterocycles. The Labute approximate surface area is 128 Å². The van der Waals surface area contributed by atoms with Crippen LogP contribution in [0.25, 0.3) is 0 Å². The average Bonchev–Trinajstić information content (AvgIpc) is 2.75. The van der Waals surface area contributed by atoms with Gasteiger partial charge in [-0.1, -0.05) is 5.16 Å². The molecule has 2 aromatic rings. The Morgan fingerprint density at radius 2 is 1.64 bits per heavy atom. The first kappa shape index (κ1) is 16.6. The van der Waals surface area contributed by atoms with Crippen LogP contribution >= 0.6 is 0 Å². The molecule has 0 spiro atoms. The summed E-state index contributed by atoms with van der Waals surface area (Å²) in [6, 6.07) is 4.63. The number of hydrogen-bond donors (Lipinski definition) is 2. The highest BCUT2D eigenvalue weighted by Crippen LogP contribution is 2.16. The van der Waals surface area contributed by atoms with E-state index in [9.17, 15) is 16.8 Å². The molecule has 0 aliphatic carbocycles. The fourth-order valence-corrected chi connectivity index (χ4v) is 3.32. The van der Waals surface area contributed by atoms with E-state index in [1.807, 2.05) is 0 Å². The monoisotopic (exact) mass is 345 g/mol. The Balaban J connectivity index is 2.21. The molecule has 1 heterocycles. The maximum Gasteiger partial charge on any atom is 0.240 e. The van der Waals surface area contributed by atoms with Crippen LogP contribution in [-0.2, 0) is 26.6 Å². The standard InChI is InChI=1S/C12H15N3O5S2/c1-8-12(9(2)20-15-8)7-14-22(18,19)11-5-3-10(4-6-11)21(13,16)17/h3-6,14H,7H2,1-2H3,(H2,13,16,17). The number of nitrogens with one attached hydrogen (secondary N) is 1. The lowest BCUT2D eigenvalue weighted by atomic mass is 10.2. The number of nitrogens with zero attached hydrogens (tertiary/aromatic N) is 1. The molecule has 0 aliphatic heterocycles. The van der Waals surface area contributed by atoms with Crippen molar-refractivity contribution >= 4 is 20.0 Å². The Morgan fingerprint density at radius 3 is 2.09 bits per heavy atom. The van der Waals surface area contributed by atoms with Gasteiger partial charge in [0.2, 0.25) is 20.0 Å². The second-order valence-corrected chi connectivity index (χ2v) is 7.97. The van der Waals surface area contributed by atoms with E-state index in [0.717, 1.165) is 12.1 Å². The summed E-state index contributed by atoms with van der Waals surface area (Å²) >= 11 is 0. The fraction of sp³-hybridized carbons (Fsp3) is 0.250. The van der Waals surface area contributed by atoms with Crippen LogP contribution in [0.3, 0.4) is 0 Å². The van der Waals surface area contributed by atoms with Crippen molar-refractivity contribution in [2.75, 3.05) is 0 Å². The number of primary sulfonamides is 1. The molecule has 22 heavy (non-hydrogen) atoms. The molecule has 8 nitrogen and oxygen atoms in total. The van der Waals surface area contributed by atoms with E-state index in [-0.39, 0.29) is 16.3 Å². The molecule has 3 N–H and O–H groups in total. The van der Waals surface area contributed by atoms with Gasteiger partial charge in [-0.05, 0) is 38.1 Å². The predicted molar refractivity (Wildman–Crippen MR) is 77.8 cm³/mol. The maximum atomic E-state index is 12.2. The minimum Gasteiger partial charge on any atom is -0.361 e. The molecule has 0 atom stereocenters. The zero-order valence-electron chi connectivity index (χ0n) is 11.9. The summed E-state index contributed by atoms with van der Waals surface area (Å²) in [5.74, 6) is 0.532. The molecule has 2 rings (SSSR count). The van der Waals surface area contributed by atoms with Crippen molar-refractivity contribution < 1.29 is 21.4 Å². The van der Waals surface area contributed by atoms with E-state index in [0.29, 0.717) is 17.0 Å². The predicted octanol–water partition coefficient (Wildman–Crippen LogP) is 0.417. The molecule has 0 amide bonds. The Hall–Kier alpha value is -1.75. The van der Waals surface area contributed by atoms with E-state index in [1.165, 1.54) is 12.1 Å². The van der Waals surface area contributed by atoms with E-state index in [2.05, 4.69) is 9.88 Å². The van der Waals surface area contributed by atoms with Crippen LogP contribution < -0.4 is 9.86 Å². The number of sulfonamides is 2. The van der Waals surface area contributed by atoms with E-state index >= 15 is 0 Å². The first-order chi connectivity index (χ1) is 10.1. The summed E-state index contributed by atoms with van der Waals surface area (Å²) in [6.45, 7) is 3.42. The number of aryl methyl sites for hydroxylation is 2. The van der Waals surface area contributed by atoms with Gasteiger partial charge in [0.25, 0.3) is 0 Å². The highest BCUT2D eigenvalue weighted by atomic mass is 32.2. The molecule has 0 saturated carbocycles. The average molecular weight is 345 g/mol. The molecular formula is C12H15N3O5S2. The smallest absolute Gasteiger partial charge is 0.240 e. The third kappa shape index (κ3) is 3.53. The third-order valence-electron chi connectivity index (χ3n) is 3.08. The topological polar surface area (TPSA) is 132 Å². The minimum atomic E-state index is -3.86. The Morgan fingerprint density at radius 1 is 1.09 bits per heavy atom. The van der Waals surface area contributed by atoms with Gasteiger partial charge in [-0.25, -0.2) is 26.7 Å². The molecule has 0 unspecified atom stereocenters. The van der Waals surface area contributed by atoms with Gasteiger partial charge in [0, 0.05) is 12.1 Å². The van der Waals surface area contributed by atoms with Gasteiger partial charge in [0.05, 0.1) is 15.5 Å². The number of benzene rings is 1. The van der Waals surface area contributed by atoms with Gasteiger partial charge in [-0.2, -0.15) is 0 Å². The van der Waals surface area contributed by atoms with Crippen LogP contribution in [0.15, 0.2) is 38.6 Å². The van der Waals surface area contributed by atoms with Crippen molar-refractivity contribution in [3.05, 3.63) is 41.3 Å². The molecule has 10 heteroatoms. The Bertz CT molecular complexity index is 864. The lowest BCUT2D eigenvalue weighted by molar-refractivity contribution is 0.392. The van der Waals surface area contributed by atoms with Gasteiger partial charge >= 0.3 is 0 Å².